The fourth-order valence-corrected chi connectivity index (χ4v) is 2.44. The summed E-state index contributed by atoms with van der Waals surface area (Å²) in [5.41, 5.74) is 6.50. The first-order valence-electron chi connectivity index (χ1n) is 8.06. The lowest BCUT2D eigenvalue weighted by molar-refractivity contribution is -0.384. The van der Waals surface area contributed by atoms with Crippen LogP contribution in [0.4, 0.5) is 11.4 Å². The van der Waals surface area contributed by atoms with Crippen molar-refractivity contribution in [1.29, 1.82) is 0 Å². The van der Waals surface area contributed by atoms with Crippen molar-refractivity contribution in [2.75, 3.05) is 19.0 Å². The molecule has 0 aliphatic heterocycles. The molecule has 0 bridgehead atoms. The Hall–Kier alpha value is -3.62. The molecule has 0 radical (unpaired) electrons. The first-order chi connectivity index (χ1) is 12.8. The van der Waals surface area contributed by atoms with Gasteiger partial charge in [-0.15, -0.1) is 0 Å². The number of nitrogens with zero attached hydrogens (tertiary/aromatic N) is 1. The summed E-state index contributed by atoms with van der Waals surface area (Å²) < 4.78 is 5.39. The number of benzene rings is 2. The summed E-state index contributed by atoms with van der Waals surface area (Å²) in [6.07, 6.45) is 0. The molecule has 0 spiro atoms. The van der Waals surface area contributed by atoms with Gasteiger partial charge in [0.05, 0.1) is 4.92 Å². The molecule has 0 atom stereocenters. The molecule has 0 fully saturated rings. The average Bonchev–Trinajstić information content (AvgIpc) is 2.63. The predicted octanol–water partition coefficient (Wildman–Crippen LogP) is 2.09. The molecular formula is C18H20N4O5. The topological polar surface area (TPSA) is 123 Å². The molecule has 0 aliphatic carbocycles. The Morgan fingerprint density at radius 2 is 1.74 bits per heavy atom. The zero-order valence-electron chi connectivity index (χ0n) is 15.2. The minimum Gasteiger partial charge on any atom is -0.484 e. The molecule has 2 aromatic rings. The van der Waals surface area contributed by atoms with Gasteiger partial charge in [0.15, 0.2) is 6.61 Å². The highest BCUT2D eigenvalue weighted by molar-refractivity contribution is 5.96. The summed E-state index contributed by atoms with van der Waals surface area (Å²) in [4.78, 5) is 34.3. The number of hydrazine groups is 1. The molecule has 0 aromatic heterocycles. The number of nitro groups is 1. The van der Waals surface area contributed by atoms with E-state index in [4.69, 9.17) is 4.74 Å². The van der Waals surface area contributed by atoms with Gasteiger partial charge < -0.3 is 10.1 Å². The number of ether oxygens (including phenoxy) is 1. The molecular weight excluding hydrogens is 352 g/mol. The second kappa shape index (κ2) is 8.65. The molecule has 0 aliphatic rings. The minimum absolute atomic E-state index is 0.0382. The van der Waals surface area contributed by atoms with Crippen LogP contribution in [0.25, 0.3) is 0 Å². The molecule has 2 amide bonds. The molecule has 0 saturated carbocycles. The van der Waals surface area contributed by atoms with E-state index in [2.05, 4.69) is 16.2 Å². The molecule has 0 saturated heterocycles. The largest absolute Gasteiger partial charge is 0.484 e. The van der Waals surface area contributed by atoms with Crippen LogP contribution in [0.1, 0.15) is 21.5 Å². The number of carbonyl (C=O) groups excluding carboxylic acids is 2. The second-order valence-corrected chi connectivity index (χ2v) is 5.85. The summed E-state index contributed by atoms with van der Waals surface area (Å²) in [6.45, 7) is 3.54. The number of carbonyl (C=O) groups is 2. The fraction of sp³-hybridized carbons (Fsp3) is 0.222. The second-order valence-electron chi connectivity index (χ2n) is 5.85. The van der Waals surface area contributed by atoms with Gasteiger partial charge in [0.1, 0.15) is 11.4 Å². The Balaban J connectivity index is 1.92. The lowest BCUT2D eigenvalue weighted by Gasteiger charge is -2.10. The van der Waals surface area contributed by atoms with Gasteiger partial charge in [-0.1, -0.05) is 6.07 Å². The first-order valence-corrected chi connectivity index (χ1v) is 8.06. The Kier molecular flexibility index (Phi) is 6.32. The molecule has 27 heavy (non-hydrogen) atoms. The highest BCUT2D eigenvalue weighted by Gasteiger charge is 2.17. The Labute approximate surface area is 155 Å². The van der Waals surface area contributed by atoms with Crippen LogP contribution < -0.4 is 20.9 Å². The van der Waals surface area contributed by atoms with E-state index in [1.54, 1.807) is 12.1 Å². The van der Waals surface area contributed by atoms with Crippen molar-refractivity contribution < 1.29 is 19.2 Å². The van der Waals surface area contributed by atoms with E-state index in [0.29, 0.717) is 5.75 Å². The third kappa shape index (κ3) is 5.43. The lowest BCUT2D eigenvalue weighted by Crippen LogP contribution is -2.43. The van der Waals surface area contributed by atoms with Crippen molar-refractivity contribution >= 4 is 23.2 Å². The maximum absolute atomic E-state index is 12.1. The molecule has 0 heterocycles. The van der Waals surface area contributed by atoms with Gasteiger partial charge in [-0.3, -0.25) is 30.6 Å². The van der Waals surface area contributed by atoms with Crippen LogP contribution in [0, 0.1) is 24.0 Å². The summed E-state index contributed by atoms with van der Waals surface area (Å²) >= 11 is 0. The summed E-state index contributed by atoms with van der Waals surface area (Å²) in [6, 6.07) is 9.51. The van der Waals surface area contributed by atoms with Crippen molar-refractivity contribution in [3.05, 3.63) is 63.2 Å². The molecule has 3 N–H and O–H groups in total. The van der Waals surface area contributed by atoms with Crippen LogP contribution in [0.2, 0.25) is 0 Å². The van der Waals surface area contributed by atoms with Crippen LogP contribution in [-0.2, 0) is 4.79 Å². The van der Waals surface area contributed by atoms with Crippen LogP contribution in [0.15, 0.2) is 36.4 Å². The van der Waals surface area contributed by atoms with E-state index in [1.807, 2.05) is 19.9 Å². The third-order valence-corrected chi connectivity index (χ3v) is 3.61. The van der Waals surface area contributed by atoms with E-state index >= 15 is 0 Å². The third-order valence-electron chi connectivity index (χ3n) is 3.61. The van der Waals surface area contributed by atoms with Crippen LogP contribution >= 0.6 is 0 Å². The van der Waals surface area contributed by atoms with Gasteiger partial charge in [0.2, 0.25) is 0 Å². The maximum Gasteiger partial charge on any atom is 0.293 e. The Morgan fingerprint density at radius 3 is 2.33 bits per heavy atom. The number of amides is 2. The summed E-state index contributed by atoms with van der Waals surface area (Å²) in [5.74, 6) is -0.698. The van der Waals surface area contributed by atoms with E-state index < -0.39 is 16.7 Å². The average molecular weight is 372 g/mol. The normalized spacial score (nSPS) is 10.0. The number of hydrogen-bond donors (Lipinski definition) is 3. The molecule has 9 heteroatoms. The first kappa shape index (κ1) is 19.7. The molecule has 142 valence electrons. The minimum atomic E-state index is -0.680. The molecule has 9 nitrogen and oxygen atoms in total. The number of anilines is 1. The number of nitro benzene ring substituents is 1. The standard InChI is InChI=1S/C18H20N4O5/c1-11-6-12(2)8-14(7-11)27-10-17(23)20-21-18(24)13-4-5-15(19-3)16(9-13)22(25)26/h4-9,19H,10H2,1-3H3,(H,20,23)(H,21,24). The van der Waals surface area contributed by atoms with Crippen molar-refractivity contribution in [2.45, 2.75) is 13.8 Å². The number of nitrogens with one attached hydrogen (secondary N) is 3. The van der Waals surface area contributed by atoms with Gasteiger partial charge in [-0.2, -0.15) is 0 Å². The number of aryl methyl sites for hydroxylation is 2. The van der Waals surface area contributed by atoms with Crippen molar-refractivity contribution in [2.24, 2.45) is 0 Å². The smallest absolute Gasteiger partial charge is 0.293 e. The molecule has 2 rings (SSSR count). The zero-order chi connectivity index (χ0) is 20.0. The molecule has 2 aromatic carbocycles. The fourth-order valence-electron chi connectivity index (χ4n) is 2.44. The van der Waals surface area contributed by atoms with Gasteiger partial charge >= 0.3 is 0 Å². The van der Waals surface area contributed by atoms with E-state index in [1.165, 1.54) is 19.2 Å². The predicted molar refractivity (Wildman–Crippen MR) is 99.7 cm³/mol. The highest BCUT2D eigenvalue weighted by Crippen LogP contribution is 2.24. The van der Waals surface area contributed by atoms with Crippen LogP contribution in [0.3, 0.4) is 0 Å². The van der Waals surface area contributed by atoms with E-state index in [9.17, 15) is 19.7 Å². The van der Waals surface area contributed by atoms with Gasteiger partial charge in [0.25, 0.3) is 17.5 Å². The van der Waals surface area contributed by atoms with E-state index in [0.717, 1.165) is 17.2 Å². The lowest BCUT2D eigenvalue weighted by atomic mass is 10.1. The Morgan fingerprint density at radius 1 is 1.07 bits per heavy atom. The van der Waals surface area contributed by atoms with Crippen molar-refractivity contribution in [3.8, 4) is 5.75 Å². The van der Waals surface area contributed by atoms with Gasteiger partial charge in [-0.25, -0.2) is 0 Å². The van der Waals surface area contributed by atoms with Crippen LogP contribution in [0.5, 0.6) is 5.75 Å². The Bertz CT molecular complexity index is 862. The van der Waals surface area contributed by atoms with Crippen molar-refractivity contribution in [3.63, 3.8) is 0 Å². The van der Waals surface area contributed by atoms with E-state index in [-0.39, 0.29) is 23.5 Å². The number of rotatable bonds is 6. The zero-order valence-corrected chi connectivity index (χ0v) is 15.2. The quantitative estimate of drug-likeness (QED) is 0.527. The SMILES string of the molecule is CNc1ccc(C(=O)NNC(=O)COc2cc(C)cc(C)c2)cc1[N+](=O)[O-]. The van der Waals surface area contributed by atoms with Crippen LogP contribution in [-0.4, -0.2) is 30.4 Å². The molecule has 0 unspecified atom stereocenters. The van der Waals surface area contributed by atoms with Gasteiger partial charge in [0, 0.05) is 18.7 Å². The van der Waals surface area contributed by atoms with Crippen molar-refractivity contribution in [1.82, 2.24) is 10.9 Å². The summed E-state index contributed by atoms with van der Waals surface area (Å²) in [7, 11) is 1.54. The number of hydrogen-bond acceptors (Lipinski definition) is 6. The summed E-state index contributed by atoms with van der Waals surface area (Å²) in [5, 5.41) is 13.7. The monoisotopic (exact) mass is 372 g/mol. The maximum atomic E-state index is 12.1. The highest BCUT2D eigenvalue weighted by atomic mass is 16.6. The van der Waals surface area contributed by atoms with Gasteiger partial charge in [-0.05, 0) is 49.2 Å².